The Morgan fingerprint density at radius 3 is 2.35 bits per heavy atom. The lowest BCUT2D eigenvalue weighted by Gasteiger charge is -2.16. The molecule has 2 N–H and O–H groups in total. The van der Waals surface area contributed by atoms with Gasteiger partial charge in [0, 0.05) is 5.69 Å². The second-order valence-electron chi connectivity index (χ2n) is 5.54. The standard InChI is InChI=1S/C18H18N2O3/c1-2-12-3-7-14(8-4-12)20-17(22)11-16(18(20)23)19-13-5-9-15(21)10-6-13/h3-10,16,19,21H,2,11H2,1H3. The molecule has 1 aliphatic rings. The summed E-state index contributed by atoms with van der Waals surface area (Å²) in [5.74, 6) is -0.315. The van der Waals surface area contributed by atoms with Crippen LogP contribution in [0.1, 0.15) is 18.9 Å². The van der Waals surface area contributed by atoms with Gasteiger partial charge in [-0.1, -0.05) is 19.1 Å². The SMILES string of the molecule is CCc1ccc(N2C(=O)CC(Nc3ccc(O)cc3)C2=O)cc1. The minimum absolute atomic E-state index is 0.120. The summed E-state index contributed by atoms with van der Waals surface area (Å²) < 4.78 is 0. The molecule has 23 heavy (non-hydrogen) atoms. The van der Waals surface area contributed by atoms with E-state index in [1.165, 1.54) is 17.0 Å². The molecule has 1 aliphatic heterocycles. The molecule has 0 aliphatic carbocycles. The first kappa shape index (κ1) is 15.1. The number of imide groups is 1. The second-order valence-corrected chi connectivity index (χ2v) is 5.54. The molecule has 1 unspecified atom stereocenters. The summed E-state index contributed by atoms with van der Waals surface area (Å²) in [5.41, 5.74) is 2.45. The van der Waals surface area contributed by atoms with Gasteiger partial charge in [-0.3, -0.25) is 9.59 Å². The maximum absolute atomic E-state index is 12.5. The molecule has 0 saturated carbocycles. The topological polar surface area (TPSA) is 69.6 Å². The zero-order valence-corrected chi connectivity index (χ0v) is 12.8. The highest BCUT2D eigenvalue weighted by atomic mass is 16.3. The normalized spacial score (nSPS) is 17.6. The minimum Gasteiger partial charge on any atom is -0.508 e. The Balaban J connectivity index is 1.77. The first-order chi connectivity index (χ1) is 11.1. The Kier molecular flexibility index (Phi) is 4.02. The Hall–Kier alpha value is -2.82. The predicted molar refractivity (Wildman–Crippen MR) is 88.4 cm³/mol. The fraction of sp³-hybridized carbons (Fsp3) is 0.222. The number of carbonyl (C=O) groups is 2. The maximum Gasteiger partial charge on any atom is 0.256 e. The van der Waals surface area contributed by atoms with E-state index in [0.29, 0.717) is 11.4 Å². The minimum atomic E-state index is -0.585. The van der Waals surface area contributed by atoms with Crippen LogP contribution >= 0.6 is 0 Å². The third-order valence-corrected chi connectivity index (χ3v) is 3.96. The van der Waals surface area contributed by atoms with Crippen molar-refractivity contribution in [3.05, 3.63) is 54.1 Å². The molecule has 1 heterocycles. The van der Waals surface area contributed by atoms with Crippen molar-refractivity contribution in [3.8, 4) is 5.75 Å². The summed E-state index contributed by atoms with van der Waals surface area (Å²) in [4.78, 5) is 26.0. The van der Waals surface area contributed by atoms with Gasteiger partial charge < -0.3 is 10.4 Å². The Morgan fingerprint density at radius 1 is 1.09 bits per heavy atom. The highest BCUT2D eigenvalue weighted by molar-refractivity contribution is 6.23. The number of anilines is 2. The van der Waals surface area contributed by atoms with Crippen molar-refractivity contribution < 1.29 is 14.7 Å². The number of aromatic hydroxyl groups is 1. The van der Waals surface area contributed by atoms with Crippen LogP contribution in [0.5, 0.6) is 5.75 Å². The van der Waals surface area contributed by atoms with Gasteiger partial charge in [0.25, 0.3) is 5.91 Å². The number of phenolic OH excluding ortho intramolecular Hbond substituents is 1. The van der Waals surface area contributed by atoms with Crippen molar-refractivity contribution in [1.29, 1.82) is 0 Å². The van der Waals surface area contributed by atoms with E-state index in [9.17, 15) is 14.7 Å². The van der Waals surface area contributed by atoms with E-state index < -0.39 is 6.04 Å². The van der Waals surface area contributed by atoms with Crippen molar-refractivity contribution in [2.24, 2.45) is 0 Å². The van der Waals surface area contributed by atoms with Gasteiger partial charge in [0.1, 0.15) is 11.8 Å². The maximum atomic E-state index is 12.5. The van der Waals surface area contributed by atoms with Crippen molar-refractivity contribution in [2.45, 2.75) is 25.8 Å². The first-order valence-electron chi connectivity index (χ1n) is 7.60. The average Bonchev–Trinajstić information content (AvgIpc) is 2.84. The van der Waals surface area contributed by atoms with Crippen LogP contribution in [-0.4, -0.2) is 23.0 Å². The molecule has 0 spiro atoms. The molecule has 5 nitrogen and oxygen atoms in total. The lowest BCUT2D eigenvalue weighted by molar-refractivity contribution is -0.121. The van der Waals surface area contributed by atoms with Crippen LogP contribution < -0.4 is 10.2 Å². The third-order valence-electron chi connectivity index (χ3n) is 3.96. The average molecular weight is 310 g/mol. The van der Waals surface area contributed by atoms with E-state index in [1.54, 1.807) is 24.3 Å². The predicted octanol–water partition coefficient (Wildman–Crippen LogP) is 2.70. The molecule has 118 valence electrons. The highest BCUT2D eigenvalue weighted by Gasteiger charge is 2.39. The van der Waals surface area contributed by atoms with Gasteiger partial charge in [-0.2, -0.15) is 0 Å². The third kappa shape index (κ3) is 3.04. The van der Waals surface area contributed by atoms with Crippen molar-refractivity contribution in [2.75, 3.05) is 10.2 Å². The summed E-state index contributed by atoms with van der Waals surface area (Å²) in [6.07, 6.45) is 1.03. The number of phenols is 1. The quantitative estimate of drug-likeness (QED) is 0.673. The molecule has 1 fully saturated rings. The van der Waals surface area contributed by atoms with Crippen molar-refractivity contribution in [1.82, 2.24) is 0 Å². The van der Waals surface area contributed by atoms with E-state index in [4.69, 9.17) is 0 Å². The number of benzene rings is 2. The van der Waals surface area contributed by atoms with E-state index in [2.05, 4.69) is 12.2 Å². The van der Waals surface area contributed by atoms with Crippen LogP contribution in [0, 0.1) is 0 Å². The highest BCUT2D eigenvalue weighted by Crippen LogP contribution is 2.26. The van der Waals surface area contributed by atoms with Crippen LogP contribution in [0.3, 0.4) is 0 Å². The largest absolute Gasteiger partial charge is 0.508 e. The summed E-state index contributed by atoms with van der Waals surface area (Å²) in [6.45, 7) is 2.05. The van der Waals surface area contributed by atoms with Gasteiger partial charge in [-0.25, -0.2) is 4.90 Å². The fourth-order valence-electron chi connectivity index (χ4n) is 2.66. The Bertz CT molecular complexity index is 723. The number of hydrogen-bond donors (Lipinski definition) is 2. The zero-order chi connectivity index (χ0) is 16.4. The fourth-order valence-corrected chi connectivity index (χ4v) is 2.66. The van der Waals surface area contributed by atoms with Gasteiger partial charge in [-0.15, -0.1) is 0 Å². The van der Waals surface area contributed by atoms with E-state index in [0.717, 1.165) is 12.0 Å². The van der Waals surface area contributed by atoms with Gasteiger partial charge in [0.05, 0.1) is 12.1 Å². The summed E-state index contributed by atoms with van der Waals surface area (Å²) in [6, 6.07) is 13.3. The number of hydrogen-bond acceptors (Lipinski definition) is 4. The summed E-state index contributed by atoms with van der Waals surface area (Å²) >= 11 is 0. The first-order valence-corrected chi connectivity index (χ1v) is 7.60. The Morgan fingerprint density at radius 2 is 1.74 bits per heavy atom. The second kappa shape index (κ2) is 6.12. The molecule has 0 aromatic heterocycles. The lowest BCUT2D eigenvalue weighted by atomic mass is 10.1. The molecule has 2 amide bonds. The molecule has 2 aromatic carbocycles. The monoisotopic (exact) mass is 310 g/mol. The summed E-state index contributed by atoms with van der Waals surface area (Å²) in [5, 5.41) is 12.3. The van der Waals surface area contributed by atoms with Gasteiger partial charge in [-0.05, 0) is 48.4 Å². The molecule has 1 saturated heterocycles. The smallest absolute Gasteiger partial charge is 0.256 e. The molecule has 0 bridgehead atoms. The van der Waals surface area contributed by atoms with Crippen LogP contribution in [0.25, 0.3) is 0 Å². The van der Waals surface area contributed by atoms with Crippen LogP contribution in [0.15, 0.2) is 48.5 Å². The van der Waals surface area contributed by atoms with Crippen molar-refractivity contribution >= 4 is 23.2 Å². The number of amides is 2. The van der Waals surface area contributed by atoms with Gasteiger partial charge in [0.2, 0.25) is 5.91 Å². The van der Waals surface area contributed by atoms with Gasteiger partial charge >= 0.3 is 0 Å². The number of aryl methyl sites for hydroxylation is 1. The van der Waals surface area contributed by atoms with Crippen LogP contribution in [-0.2, 0) is 16.0 Å². The van der Waals surface area contributed by atoms with Gasteiger partial charge in [0.15, 0.2) is 0 Å². The number of carbonyl (C=O) groups excluding carboxylic acids is 2. The molecular weight excluding hydrogens is 292 g/mol. The molecule has 0 radical (unpaired) electrons. The van der Waals surface area contributed by atoms with Crippen LogP contribution in [0.4, 0.5) is 11.4 Å². The van der Waals surface area contributed by atoms with E-state index >= 15 is 0 Å². The molecule has 3 rings (SSSR count). The number of nitrogens with one attached hydrogen (secondary N) is 1. The number of nitrogens with zero attached hydrogens (tertiary/aromatic N) is 1. The molecule has 1 atom stereocenters. The van der Waals surface area contributed by atoms with Crippen molar-refractivity contribution in [3.63, 3.8) is 0 Å². The van der Waals surface area contributed by atoms with E-state index in [1.807, 2.05) is 12.1 Å². The number of rotatable bonds is 4. The zero-order valence-electron chi connectivity index (χ0n) is 12.8. The van der Waals surface area contributed by atoms with E-state index in [-0.39, 0.29) is 24.0 Å². The summed E-state index contributed by atoms with van der Waals surface area (Å²) in [7, 11) is 0. The molecule has 2 aromatic rings. The van der Waals surface area contributed by atoms with Crippen LogP contribution in [0.2, 0.25) is 0 Å². The molecular formula is C18H18N2O3. The lowest BCUT2D eigenvalue weighted by Crippen LogP contribution is -2.34. The Labute approximate surface area is 134 Å². The molecule has 5 heteroatoms.